The molecule has 0 atom stereocenters. The van der Waals surface area contributed by atoms with Crippen LogP contribution in [0.2, 0.25) is 0 Å². The van der Waals surface area contributed by atoms with E-state index in [0.29, 0.717) is 18.7 Å². The minimum atomic E-state index is 0.0751. The molecule has 0 radical (unpaired) electrons. The summed E-state index contributed by atoms with van der Waals surface area (Å²) >= 11 is 5.13. The lowest BCUT2D eigenvalue weighted by atomic mass is 10.2. The number of piperazine rings is 1. The van der Waals surface area contributed by atoms with Gasteiger partial charge in [-0.05, 0) is 46.3 Å². The lowest BCUT2D eigenvalue weighted by Gasteiger charge is -2.34. The molecule has 1 aromatic heterocycles. The Morgan fingerprint density at radius 1 is 1.15 bits per heavy atom. The predicted octanol–water partition coefficient (Wildman–Crippen LogP) is 4.03. The number of hydrogen-bond acceptors (Lipinski definition) is 5. The molecule has 7 heteroatoms. The van der Waals surface area contributed by atoms with Crippen molar-refractivity contribution in [1.82, 2.24) is 9.88 Å². The van der Waals surface area contributed by atoms with Gasteiger partial charge < -0.3 is 14.5 Å². The quantitative estimate of drug-likeness (QED) is 0.627. The van der Waals surface area contributed by atoms with Crippen LogP contribution in [-0.4, -0.2) is 49.1 Å². The van der Waals surface area contributed by atoms with Gasteiger partial charge in [0.2, 0.25) is 0 Å². The lowest BCUT2D eigenvalue weighted by Crippen LogP contribution is -2.48. The fourth-order valence-corrected chi connectivity index (χ4v) is 4.56. The van der Waals surface area contributed by atoms with Crippen LogP contribution in [0.15, 0.2) is 46.9 Å². The second-order valence-electron chi connectivity index (χ2n) is 6.09. The number of hydrogen-bond donors (Lipinski definition) is 0. The molecule has 1 saturated heterocycles. The summed E-state index contributed by atoms with van der Waals surface area (Å²) in [5.74, 6) is 0.919. The maximum Gasteiger partial charge on any atom is 0.255 e. The second-order valence-corrected chi connectivity index (χ2v) is 7.95. The van der Waals surface area contributed by atoms with Crippen LogP contribution in [0.5, 0.6) is 5.75 Å². The number of carbonyl (C=O) groups excluding carboxylic acids is 1. The van der Waals surface area contributed by atoms with Gasteiger partial charge in [-0.2, -0.15) is 0 Å². The number of rotatable bonds is 3. The molecular weight excluding hydrogens is 414 g/mol. The summed E-state index contributed by atoms with van der Waals surface area (Å²) in [4.78, 5) is 21.6. The van der Waals surface area contributed by atoms with Crippen molar-refractivity contribution >= 4 is 48.5 Å². The normalized spacial score (nSPS) is 14.7. The highest BCUT2D eigenvalue weighted by atomic mass is 79.9. The van der Waals surface area contributed by atoms with Crippen LogP contribution < -0.4 is 9.64 Å². The SMILES string of the molecule is COc1ccc2nc(N3CCN(C(=O)c4ccccc4Br)CC3)sc2c1. The fourth-order valence-electron chi connectivity index (χ4n) is 3.06. The van der Waals surface area contributed by atoms with Gasteiger partial charge in [0.25, 0.3) is 5.91 Å². The molecule has 0 bridgehead atoms. The van der Waals surface area contributed by atoms with Crippen molar-refractivity contribution < 1.29 is 9.53 Å². The van der Waals surface area contributed by atoms with Gasteiger partial charge in [-0.15, -0.1) is 0 Å². The van der Waals surface area contributed by atoms with Crippen molar-refractivity contribution in [3.05, 3.63) is 52.5 Å². The topological polar surface area (TPSA) is 45.7 Å². The van der Waals surface area contributed by atoms with Crippen molar-refractivity contribution in [3.8, 4) is 5.75 Å². The van der Waals surface area contributed by atoms with Crippen molar-refractivity contribution in [1.29, 1.82) is 0 Å². The molecular formula is C19H18BrN3O2S. The zero-order valence-corrected chi connectivity index (χ0v) is 16.7. The average molecular weight is 432 g/mol. The van der Waals surface area contributed by atoms with Gasteiger partial charge in [0, 0.05) is 30.7 Å². The van der Waals surface area contributed by atoms with E-state index >= 15 is 0 Å². The summed E-state index contributed by atoms with van der Waals surface area (Å²) < 4.78 is 7.24. The molecule has 0 N–H and O–H groups in total. The first-order valence-corrected chi connectivity index (χ1v) is 10.00. The number of aromatic nitrogens is 1. The van der Waals surface area contributed by atoms with Gasteiger partial charge in [0.1, 0.15) is 5.75 Å². The highest BCUT2D eigenvalue weighted by Gasteiger charge is 2.24. The van der Waals surface area contributed by atoms with E-state index in [2.05, 4.69) is 20.8 Å². The summed E-state index contributed by atoms with van der Waals surface area (Å²) in [6.45, 7) is 2.96. The van der Waals surface area contributed by atoms with E-state index in [9.17, 15) is 4.79 Å². The number of nitrogens with zero attached hydrogens (tertiary/aromatic N) is 3. The monoisotopic (exact) mass is 431 g/mol. The van der Waals surface area contributed by atoms with E-state index in [1.54, 1.807) is 18.4 Å². The first-order valence-electron chi connectivity index (χ1n) is 8.39. The maximum absolute atomic E-state index is 12.7. The standard InChI is InChI=1S/C19H18BrN3O2S/c1-25-13-6-7-16-17(12-13)26-19(21-16)23-10-8-22(9-11-23)18(24)14-4-2-3-5-15(14)20/h2-7,12H,8-11H2,1H3. The zero-order chi connectivity index (χ0) is 18.1. The number of carbonyl (C=O) groups is 1. The smallest absolute Gasteiger partial charge is 0.255 e. The van der Waals surface area contributed by atoms with E-state index in [1.165, 1.54) is 0 Å². The van der Waals surface area contributed by atoms with E-state index in [0.717, 1.165) is 38.7 Å². The molecule has 26 heavy (non-hydrogen) atoms. The highest BCUT2D eigenvalue weighted by Crippen LogP contribution is 2.32. The molecule has 5 nitrogen and oxygen atoms in total. The molecule has 0 saturated carbocycles. The predicted molar refractivity (Wildman–Crippen MR) is 108 cm³/mol. The van der Waals surface area contributed by atoms with Crippen molar-refractivity contribution in [3.63, 3.8) is 0 Å². The van der Waals surface area contributed by atoms with Crippen molar-refractivity contribution in [2.75, 3.05) is 38.2 Å². The summed E-state index contributed by atoms with van der Waals surface area (Å²) in [6, 6.07) is 13.5. The van der Waals surface area contributed by atoms with Gasteiger partial charge in [-0.3, -0.25) is 4.79 Å². The van der Waals surface area contributed by atoms with Gasteiger partial charge in [0.15, 0.2) is 5.13 Å². The van der Waals surface area contributed by atoms with Crippen LogP contribution in [0, 0.1) is 0 Å². The molecule has 1 aliphatic heterocycles. The molecule has 4 rings (SSSR count). The Morgan fingerprint density at radius 3 is 2.65 bits per heavy atom. The first-order chi connectivity index (χ1) is 12.7. The molecule has 3 aromatic rings. The Morgan fingerprint density at radius 2 is 1.92 bits per heavy atom. The van der Waals surface area contributed by atoms with Crippen molar-refractivity contribution in [2.45, 2.75) is 0 Å². The van der Waals surface area contributed by atoms with Crippen LogP contribution in [-0.2, 0) is 0 Å². The third kappa shape index (κ3) is 3.29. The number of methoxy groups -OCH3 is 1. The third-order valence-electron chi connectivity index (χ3n) is 4.53. The molecule has 1 fully saturated rings. The van der Waals surface area contributed by atoms with Crippen LogP contribution in [0.1, 0.15) is 10.4 Å². The molecule has 2 heterocycles. The van der Waals surface area contributed by atoms with Crippen LogP contribution in [0.3, 0.4) is 0 Å². The van der Waals surface area contributed by atoms with E-state index < -0.39 is 0 Å². The summed E-state index contributed by atoms with van der Waals surface area (Å²) in [7, 11) is 1.67. The number of ether oxygens (including phenoxy) is 1. The summed E-state index contributed by atoms with van der Waals surface area (Å²) in [5.41, 5.74) is 1.70. The Bertz CT molecular complexity index is 951. The number of anilines is 1. The largest absolute Gasteiger partial charge is 0.497 e. The second kappa shape index (κ2) is 7.25. The van der Waals surface area contributed by atoms with Gasteiger partial charge >= 0.3 is 0 Å². The maximum atomic E-state index is 12.7. The first kappa shape index (κ1) is 17.3. The Balaban J connectivity index is 1.46. The molecule has 0 spiro atoms. The van der Waals surface area contributed by atoms with Gasteiger partial charge in [-0.25, -0.2) is 4.98 Å². The highest BCUT2D eigenvalue weighted by molar-refractivity contribution is 9.10. The Hall–Kier alpha value is -2.12. The van der Waals surface area contributed by atoms with Gasteiger partial charge in [-0.1, -0.05) is 23.5 Å². The minimum absolute atomic E-state index is 0.0751. The molecule has 0 aliphatic carbocycles. The number of fused-ring (bicyclic) bond motifs is 1. The van der Waals surface area contributed by atoms with E-state index in [1.807, 2.05) is 47.4 Å². The number of amides is 1. The Labute approximate surface area is 164 Å². The van der Waals surface area contributed by atoms with Crippen LogP contribution in [0.25, 0.3) is 10.2 Å². The van der Waals surface area contributed by atoms with E-state index in [4.69, 9.17) is 9.72 Å². The molecule has 134 valence electrons. The van der Waals surface area contributed by atoms with Crippen LogP contribution >= 0.6 is 27.3 Å². The molecule has 1 amide bonds. The third-order valence-corrected chi connectivity index (χ3v) is 6.30. The Kier molecular flexibility index (Phi) is 4.82. The number of benzene rings is 2. The fraction of sp³-hybridized carbons (Fsp3) is 0.263. The van der Waals surface area contributed by atoms with Crippen LogP contribution in [0.4, 0.5) is 5.13 Å². The lowest BCUT2D eigenvalue weighted by molar-refractivity contribution is 0.0746. The molecule has 0 unspecified atom stereocenters. The zero-order valence-electron chi connectivity index (χ0n) is 14.3. The number of halogens is 1. The van der Waals surface area contributed by atoms with Gasteiger partial charge in [0.05, 0.1) is 22.9 Å². The van der Waals surface area contributed by atoms with Crippen molar-refractivity contribution in [2.24, 2.45) is 0 Å². The molecule has 2 aromatic carbocycles. The minimum Gasteiger partial charge on any atom is -0.497 e. The van der Waals surface area contributed by atoms with E-state index in [-0.39, 0.29) is 5.91 Å². The average Bonchev–Trinajstić information content (AvgIpc) is 3.11. The molecule has 1 aliphatic rings. The summed E-state index contributed by atoms with van der Waals surface area (Å²) in [6.07, 6.45) is 0. The summed E-state index contributed by atoms with van der Waals surface area (Å²) in [5, 5.41) is 1.00. The number of thiazole rings is 1.